The van der Waals surface area contributed by atoms with E-state index < -0.39 is 5.92 Å². The minimum Gasteiger partial charge on any atom is -0.469 e. The number of carbonyl (C=O) groups excluding carboxylic acids is 3. The van der Waals surface area contributed by atoms with E-state index in [1.807, 2.05) is 49.0 Å². The number of Topliss-reactive ketones (excluding diaryl/α,β-unsaturated/α-hetero) is 1. The first-order chi connectivity index (χ1) is 14.3. The van der Waals surface area contributed by atoms with Gasteiger partial charge in [-0.3, -0.25) is 14.4 Å². The van der Waals surface area contributed by atoms with E-state index >= 15 is 0 Å². The summed E-state index contributed by atoms with van der Waals surface area (Å²) in [6, 6.07) is 9.77. The van der Waals surface area contributed by atoms with Gasteiger partial charge in [0.05, 0.1) is 25.8 Å². The second-order valence-electron chi connectivity index (χ2n) is 8.16. The van der Waals surface area contributed by atoms with E-state index in [2.05, 4.69) is 4.90 Å². The van der Waals surface area contributed by atoms with Crippen LogP contribution in [0.3, 0.4) is 0 Å². The highest BCUT2D eigenvalue weighted by atomic mass is 16.5. The molecule has 0 aliphatic carbocycles. The number of ketones is 1. The molecule has 0 amide bonds. The SMILES string of the molecule is COC(=O)CC[C@H]1CN(C)C[C@@H](C(=O)OC)[C@H]1CC(=O)c1cc2ccccc2n1C. The summed E-state index contributed by atoms with van der Waals surface area (Å²) in [5, 5.41) is 1.01. The third-order valence-corrected chi connectivity index (χ3v) is 6.29. The van der Waals surface area contributed by atoms with Crippen molar-refractivity contribution in [1.29, 1.82) is 0 Å². The van der Waals surface area contributed by atoms with Gasteiger partial charge >= 0.3 is 11.9 Å². The van der Waals surface area contributed by atoms with Gasteiger partial charge in [-0.15, -0.1) is 0 Å². The van der Waals surface area contributed by atoms with Crippen LogP contribution >= 0.6 is 0 Å². The third-order valence-electron chi connectivity index (χ3n) is 6.29. The highest BCUT2D eigenvalue weighted by Crippen LogP contribution is 2.36. The number of para-hydroxylation sites is 1. The number of hydrogen-bond acceptors (Lipinski definition) is 6. The number of esters is 2. The van der Waals surface area contributed by atoms with E-state index in [1.54, 1.807) is 0 Å². The number of ether oxygens (including phenoxy) is 2. The van der Waals surface area contributed by atoms with E-state index in [-0.39, 0.29) is 42.4 Å². The lowest BCUT2D eigenvalue weighted by molar-refractivity contribution is -0.151. The van der Waals surface area contributed by atoms with Crippen LogP contribution in [0, 0.1) is 17.8 Å². The van der Waals surface area contributed by atoms with Crippen LogP contribution in [0.1, 0.15) is 29.8 Å². The van der Waals surface area contributed by atoms with E-state index in [0.29, 0.717) is 18.7 Å². The summed E-state index contributed by atoms with van der Waals surface area (Å²) in [5.41, 5.74) is 1.63. The molecule has 0 unspecified atom stereocenters. The summed E-state index contributed by atoms with van der Waals surface area (Å²) in [7, 11) is 6.58. The number of methoxy groups -OCH3 is 2. The van der Waals surface area contributed by atoms with Gasteiger partial charge in [0.1, 0.15) is 0 Å². The molecule has 0 spiro atoms. The van der Waals surface area contributed by atoms with Crippen LogP contribution in [0.15, 0.2) is 30.3 Å². The molecule has 7 nitrogen and oxygen atoms in total. The Bertz CT molecular complexity index is 935. The van der Waals surface area contributed by atoms with Crippen molar-refractivity contribution < 1.29 is 23.9 Å². The van der Waals surface area contributed by atoms with Crippen molar-refractivity contribution in [1.82, 2.24) is 9.47 Å². The molecule has 1 aromatic carbocycles. The topological polar surface area (TPSA) is 77.8 Å². The number of hydrogen-bond donors (Lipinski definition) is 0. The maximum Gasteiger partial charge on any atom is 0.310 e. The predicted octanol–water partition coefficient (Wildman–Crippen LogP) is 2.67. The Kier molecular flexibility index (Phi) is 6.92. The maximum atomic E-state index is 13.3. The molecule has 0 saturated carbocycles. The lowest BCUT2D eigenvalue weighted by Gasteiger charge is -2.41. The van der Waals surface area contributed by atoms with Gasteiger partial charge in [-0.2, -0.15) is 0 Å². The van der Waals surface area contributed by atoms with Gasteiger partial charge < -0.3 is 18.9 Å². The van der Waals surface area contributed by atoms with Gasteiger partial charge in [0.2, 0.25) is 0 Å². The first-order valence-electron chi connectivity index (χ1n) is 10.3. The monoisotopic (exact) mass is 414 g/mol. The van der Waals surface area contributed by atoms with Crippen molar-refractivity contribution in [2.24, 2.45) is 24.8 Å². The molecular weight excluding hydrogens is 384 g/mol. The number of rotatable bonds is 7. The fraction of sp³-hybridized carbons (Fsp3) is 0.522. The van der Waals surface area contributed by atoms with Crippen LogP contribution in [0.2, 0.25) is 0 Å². The minimum absolute atomic E-state index is 0.000208. The van der Waals surface area contributed by atoms with E-state index in [0.717, 1.165) is 17.4 Å². The zero-order valence-electron chi connectivity index (χ0n) is 18.1. The molecule has 1 aliphatic rings. The van der Waals surface area contributed by atoms with Crippen LogP contribution in [-0.2, 0) is 26.1 Å². The molecule has 0 N–H and O–H groups in total. The summed E-state index contributed by atoms with van der Waals surface area (Å²) in [6.45, 7) is 1.26. The molecule has 30 heavy (non-hydrogen) atoms. The molecule has 3 atom stereocenters. The van der Waals surface area contributed by atoms with Crippen molar-refractivity contribution in [2.45, 2.75) is 19.3 Å². The Morgan fingerprint density at radius 1 is 1.07 bits per heavy atom. The molecule has 2 aromatic rings. The fourth-order valence-corrected chi connectivity index (χ4v) is 4.71. The highest BCUT2D eigenvalue weighted by Gasteiger charge is 2.41. The number of benzene rings is 1. The van der Waals surface area contributed by atoms with E-state index in [4.69, 9.17) is 9.47 Å². The first-order valence-corrected chi connectivity index (χ1v) is 10.3. The molecule has 1 saturated heterocycles. The van der Waals surface area contributed by atoms with Crippen LogP contribution in [0.5, 0.6) is 0 Å². The number of piperidine rings is 1. The number of aromatic nitrogens is 1. The molecule has 0 radical (unpaired) electrons. The highest BCUT2D eigenvalue weighted by molar-refractivity contribution is 6.00. The van der Waals surface area contributed by atoms with Gasteiger partial charge in [-0.05, 0) is 37.4 Å². The second kappa shape index (κ2) is 9.43. The van der Waals surface area contributed by atoms with Gasteiger partial charge in [0.15, 0.2) is 5.78 Å². The largest absolute Gasteiger partial charge is 0.469 e. The average molecular weight is 415 g/mol. The standard InChI is InChI=1S/C23H30N2O5/c1-24-13-16(9-10-22(27)29-3)17(18(14-24)23(28)30-4)12-21(26)20-11-15-7-5-6-8-19(15)25(20)2/h5-8,11,16-18H,9-10,12-14H2,1-4H3/t16-,17-,18+/m0/s1. The normalized spacial score (nSPS) is 22.1. The molecule has 1 fully saturated rings. The molecule has 162 valence electrons. The summed E-state index contributed by atoms with van der Waals surface area (Å²) in [4.78, 5) is 39.6. The molecule has 3 rings (SSSR count). The van der Waals surface area contributed by atoms with Gasteiger partial charge in [-0.25, -0.2) is 0 Å². The Balaban J connectivity index is 1.87. The summed E-state index contributed by atoms with van der Waals surface area (Å²) < 4.78 is 11.7. The molecule has 1 aliphatic heterocycles. The molecule has 0 bridgehead atoms. The van der Waals surface area contributed by atoms with Crippen molar-refractivity contribution in [3.8, 4) is 0 Å². The van der Waals surface area contributed by atoms with Gasteiger partial charge in [0, 0.05) is 43.9 Å². The Morgan fingerprint density at radius 3 is 2.47 bits per heavy atom. The predicted molar refractivity (Wildman–Crippen MR) is 113 cm³/mol. The van der Waals surface area contributed by atoms with E-state index in [1.165, 1.54) is 14.2 Å². The molecule has 2 heterocycles. The lowest BCUT2D eigenvalue weighted by atomic mass is 9.73. The summed E-state index contributed by atoms with van der Waals surface area (Å²) >= 11 is 0. The average Bonchev–Trinajstić information content (AvgIpc) is 3.09. The van der Waals surface area contributed by atoms with Crippen molar-refractivity contribution >= 4 is 28.6 Å². The Morgan fingerprint density at radius 2 is 1.80 bits per heavy atom. The third kappa shape index (κ3) is 4.56. The number of aryl methyl sites for hydroxylation is 1. The molecule has 7 heteroatoms. The van der Waals surface area contributed by atoms with E-state index in [9.17, 15) is 14.4 Å². The van der Waals surface area contributed by atoms with Gasteiger partial charge in [0.25, 0.3) is 0 Å². The van der Waals surface area contributed by atoms with Crippen molar-refractivity contribution in [2.75, 3.05) is 34.4 Å². The van der Waals surface area contributed by atoms with Crippen LogP contribution in [0.25, 0.3) is 10.9 Å². The number of carbonyl (C=O) groups is 3. The van der Waals surface area contributed by atoms with Crippen LogP contribution in [-0.4, -0.2) is 61.5 Å². The number of nitrogens with zero attached hydrogens (tertiary/aromatic N) is 2. The zero-order chi connectivity index (χ0) is 21.8. The smallest absolute Gasteiger partial charge is 0.310 e. The van der Waals surface area contributed by atoms with Crippen LogP contribution < -0.4 is 0 Å². The Hall–Kier alpha value is -2.67. The summed E-state index contributed by atoms with van der Waals surface area (Å²) in [6.07, 6.45) is 1.07. The maximum absolute atomic E-state index is 13.3. The number of fused-ring (bicyclic) bond motifs is 1. The van der Waals surface area contributed by atoms with Gasteiger partial charge in [-0.1, -0.05) is 18.2 Å². The number of likely N-dealkylation sites (tertiary alicyclic amines) is 1. The molecular formula is C23H30N2O5. The molecule has 1 aromatic heterocycles. The fourth-order valence-electron chi connectivity index (χ4n) is 4.71. The quantitative estimate of drug-likeness (QED) is 0.512. The lowest BCUT2D eigenvalue weighted by Crippen LogP contribution is -2.48. The first kappa shape index (κ1) is 22.0. The van der Waals surface area contributed by atoms with Crippen molar-refractivity contribution in [3.05, 3.63) is 36.0 Å². The van der Waals surface area contributed by atoms with Crippen molar-refractivity contribution in [3.63, 3.8) is 0 Å². The van der Waals surface area contributed by atoms with Crippen LogP contribution in [0.4, 0.5) is 0 Å². The zero-order valence-corrected chi connectivity index (χ0v) is 18.1. The Labute approximate surface area is 176 Å². The minimum atomic E-state index is -0.407. The summed E-state index contributed by atoms with van der Waals surface area (Å²) in [5.74, 6) is -1.17. The second-order valence-corrected chi connectivity index (χ2v) is 8.16.